The monoisotopic (exact) mass is 288 g/mol. The van der Waals surface area contributed by atoms with E-state index in [2.05, 4.69) is 16.9 Å². The van der Waals surface area contributed by atoms with E-state index in [-0.39, 0.29) is 5.82 Å². The van der Waals surface area contributed by atoms with E-state index in [1.807, 2.05) is 13.0 Å². The first kappa shape index (κ1) is 15.4. The van der Waals surface area contributed by atoms with Crippen LogP contribution >= 0.6 is 0 Å². The number of halogens is 1. The van der Waals surface area contributed by atoms with E-state index in [1.165, 1.54) is 18.9 Å². The molecule has 0 saturated carbocycles. The third-order valence-electron chi connectivity index (χ3n) is 3.26. The van der Waals surface area contributed by atoms with Crippen LogP contribution in [0.3, 0.4) is 0 Å². The molecule has 0 unspecified atom stereocenters. The summed E-state index contributed by atoms with van der Waals surface area (Å²) in [5.74, 6) is -0.0549. The second-order valence-corrected chi connectivity index (χ2v) is 5.10. The molecule has 0 N–H and O–H groups in total. The molecule has 4 heteroatoms. The van der Waals surface area contributed by atoms with Crippen molar-refractivity contribution in [3.8, 4) is 17.0 Å². The lowest BCUT2D eigenvalue weighted by molar-refractivity contribution is 0.290. The number of rotatable bonds is 7. The van der Waals surface area contributed by atoms with Gasteiger partial charge < -0.3 is 4.74 Å². The normalized spacial score (nSPS) is 10.6. The Bertz CT molecular complexity index is 570. The lowest BCUT2D eigenvalue weighted by Crippen LogP contribution is -1.99. The lowest BCUT2D eigenvalue weighted by atomic mass is 10.1. The van der Waals surface area contributed by atoms with Crippen LogP contribution in [-0.2, 0) is 0 Å². The van der Waals surface area contributed by atoms with Gasteiger partial charge in [-0.25, -0.2) is 4.39 Å². The van der Waals surface area contributed by atoms with Crippen molar-refractivity contribution in [2.24, 2.45) is 0 Å². The summed E-state index contributed by atoms with van der Waals surface area (Å²) >= 11 is 0. The fourth-order valence-corrected chi connectivity index (χ4v) is 2.03. The van der Waals surface area contributed by atoms with Crippen LogP contribution < -0.4 is 4.74 Å². The van der Waals surface area contributed by atoms with Crippen molar-refractivity contribution >= 4 is 0 Å². The molecular formula is C17H21FN2O. The van der Waals surface area contributed by atoms with E-state index in [0.29, 0.717) is 23.6 Å². The van der Waals surface area contributed by atoms with Gasteiger partial charge >= 0.3 is 0 Å². The molecule has 0 bridgehead atoms. The van der Waals surface area contributed by atoms with Gasteiger partial charge in [-0.05, 0) is 31.5 Å². The first-order chi connectivity index (χ1) is 10.2. The molecule has 2 aromatic rings. The zero-order chi connectivity index (χ0) is 15.1. The third-order valence-corrected chi connectivity index (χ3v) is 3.26. The van der Waals surface area contributed by atoms with Gasteiger partial charge in [-0.2, -0.15) is 0 Å². The quantitative estimate of drug-likeness (QED) is 0.701. The fraction of sp³-hybridized carbons (Fsp3) is 0.412. The molecule has 0 aliphatic carbocycles. The Morgan fingerprint density at radius 1 is 1.10 bits per heavy atom. The highest BCUT2D eigenvalue weighted by Gasteiger charge is 2.07. The van der Waals surface area contributed by atoms with Gasteiger partial charge in [0.15, 0.2) is 11.6 Å². The Morgan fingerprint density at radius 3 is 2.62 bits per heavy atom. The molecule has 0 amide bonds. The number of aryl methyl sites for hydroxylation is 1. The average Bonchev–Trinajstić information content (AvgIpc) is 2.49. The van der Waals surface area contributed by atoms with E-state index in [1.54, 1.807) is 18.5 Å². The first-order valence-corrected chi connectivity index (χ1v) is 7.42. The van der Waals surface area contributed by atoms with Crippen LogP contribution in [0.25, 0.3) is 11.3 Å². The Labute approximate surface area is 125 Å². The molecule has 1 aromatic heterocycles. The molecule has 2 rings (SSSR count). The largest absolute Gasteiger partial charge is 0.491 e. The van der Waals surface area contributed by atoms with Crippen molar-refractivity contribution in [1.29, 1.82) is 0 Å². The van der Waals surface area contributed by atoms with Gasteiger partial charge in [0.05, 0.1) is 24.2 Å². The Balaban J connectivity index is 1.98. The number of unbranched alkanes of at least 4 members (excludes halogenated alkanes) is 3. The van der Waals surface area contributed by atoms with Gasteiger partial charge in [-0.3, -0.25) is 9.97 Å². The van der Waals surface area contributed by atoms with Gasteiger partial charge in [-0.1, -0.05) is 26.2 Å². The van der Waals surface area contributed by atoms with Crippen LogP contribution in [0.4, 0.5) is 4.39 Å². The molecule has 0 atom stereocenters. The number of nitrogens with zero attached hydrogens (tertiary/aromatic N) is 2. The number of benzene rings is 1. The van der Waals surface area contributed by atoms with Crippen LogP contribution in [-0.4, -0.2) is 16.6 Å². The molecule has 0 aliphatic rings. The predicted molar refractivity (Wildman–Crippen MR) is 81.8 cm³/mol. The highest BCUT2D eigenvalue weighted by Crippen LogP contribution is 2.24. The van der Waals surface area contributed by atoms with E-state index in [0.717, 1.165) is 18.5 Å². The Kier molecular flexibility index (Phi) is 5.67. The summed E-state index contributed by atoms with van der Waals surface area (Å²) < 4.78 is 19.5. The van der Waals surface area contributed by atoms with Gasteiger partial charge in [0.1, 0.15) is 0 Å². The second kappa shape index (κ2) is 7.72. The Hall–Kier alpha value is -1.97. The zero-order valence-corrected chi connectivity index (χ0v) is 12.6. The maximum atomic E-state index is 14.0. The summed E-state index contributed by atoms with van der Waals surface area (Å²) in [6, 6.07) is 4.91. The molecule has 0 saturated heterocycles. The molecule has 1 heterocycles. The highest BCUT2D eigenvalue weighted by molar-refractivity contribution is 5.59. The lowest BCUT2D eigenvalue weighted by Gasteiger charge is -2.08. The standard InChI is InChI=1S/C17H21FN2O/c1-3-4-5-6-9-21-17-8-7-14(10-15(17)18)16-12-19-13(2)11-20-16/h7-8,10-12H,3-6,9H2,1-2H3. The van der Waals surface area contributed by atoms with E-state index in [9.17, 15) is 4.39 Å². The maximum absolute atomic E-state index is 14.0. The molecule has 0 spiro atoms. The van der Waals surface area contributed by atoms with Crippen LogP contribution in [0.5, 0.6) is 5.75 Å². The maximum Gasteiger partial charge on any atom is 0.165 e. The van der Waals surface area contributed by atoms with Crippen molar-refractivity contribution in [3.05, 3.63) is 42.1 Å². The van der Waals surface area contributed by atoms with Gasteiger partial charge in [0.25, 0.3) is 0 Å². The van der Waals surface area contributed by atoms with Crippen molar-refractivity contribution in [3.63, 3.8) is 0 Å². The van der Waals surface area contributed by atoms with Crippen molar-refractivity contribution in [2.75, 3.05) is 6.61 Å². The highest BCUT2D eigenvalue weighted by atomic mass is 19.1. The van der Waals surface area contributed by atoms with Crippen molar-refractivity contribution in [2.45, 2.75) is 39.5 Å². The van der Waals surface area contributed by atoms with Crippen molar-refractivity contribution < 1.29 is 9.13 Å². The number of hydrogen-bond donors (Lipinski definition) is 0. The number of ether oxygens (including phenoxy) is 1. The van der Waals surface area contributed by atoms with E-state index >= 15 is 0 Å². The van der Waals surface area contributed by atoms with E-state index < -0.39 is 0 Å². The average molecular weight is 288 g/mol. The molecule has 0 fully saturated rings. The van der Waals surface area contributed by atoms with Crippen LogP contribution in [0.15, 0.2) is 30.6 Å². The molecular weight excluding hydrogens is 267 g/mol. The number of hydrogen-bond acceptors (Lipinski definition) is 3. The summed E-state index contributed by atoms with van der Waals surface area (Å²) in [6.07, 6.45) is 7.77. The zero-order valence-electron chi connectivity index (χ0n) is 12.6. The predicted octanol–water partition coefficient (Wildman–Crippen LogP) is 4.55. The van der Waals surface area contributed by atoms with Gasteiger partial charge in [0.2, 0.25) is 0 Å². The SMILES string of the molecule is CCCCCCOc1ccc(-c2cnc(C)cn2)cc1F. The molecule has 0 aliphatic heterocycles. The molecule has 112 valence electrons. The molecule has 3 nitrogen and oxygen atoms in total. The summed E-state index contributed by atoms with van der Waals surface area (Å²) in [5.41, 5.74) is 2.21. The minimum absolute atomic E-state index is 0.301. The first-order valence-electron chi connectivity index (χ1n) is 7.42. The molecule has 0 radical (unpaired) electrons. The summed E-state index contributed by atoms with van der Waals surface area (Å²) in [7, 11) is 0. The van der Waals surface area contributed by atoms with Crippen LogP contribution in [0.1, 0.15) is 38.3 Å². The minimum atomic E-state index is -0.356. The van der Waals surface area contributed by atoms with Crippen molar-refractivity contribution in [1.82, 2.24) is 9.97 Å². The smallest absolute Gasteiger partial charge is 0.165 e. The fourth-order valence-electron chi connectivity index (χ4n) is 2.03. The topological polar surface area (TPSA) is 35.0 Å². The van der Waals surface area contributed by atoms with Crippen LogP contribution in [0, 0.1) is 12.7 Å². The van der Waals surface area contributed by atoms with E-state index in [4.69, 9.17) is 4.74 Å². The summed E-state index contributed by atoms with van der Waals surface area (Å²) in [5, 5.41) is 0. The minimum Gasteiger partial charge on any atom is -0.491 e. The molecule has 1 aromatic carbocycles. The van der Waals surface area contributed by atoms with Gasteiger partial charge in [0, 0.05) is 11.8 Å². The third kappa shape index (κ3) is 4.52. The van der Waals surface area contributed by atoms with Gasteiger partial charge in [-0.15, -0.1) is 0 Å². The summed E-state index contributed by atoms with van der Waals surface area (Å²) in [4.78, 5) is 8.41. The number of aromatic nitrogens is 2. The van der Waals surface area contributed by atoms with Crippen LogP contribution in [0.2, 0.25) is 0 Å². The Morgan fingerprint density at radius 2 is 1.95 bits per heavy atom. The molecule has 21 heavy (non-hydrogen) atoms. The summed E-state index contributed by atoms with van der Waals surface area (Å²) in [6.45, 7) is 4.58. The second-order valence-electron chi connectivity index (χ2n) is 5.10.